The average Bonchev–Trinajstić information content (AvgIpc) is 2.43. The molecule has 1 aromatic rings. The molecule has 0 bridgehead atoms. The van der Waals surface area contributed by atoms with E-state index in [9.17, 15) is 22.8 Å². The first kappa shape index (κ1) is 19.4. The van der Waals surface area contributed by atoms with Crippen molar-refractivity contribution in [1.82, 2.24) is 0 Å². The molecule has 0 saturated carbocycles. The molecule has 0 radical (unpaired) electrons. The van der Waals surface area contributed by atoms with Gasteiger partial charge in [0.2, 0.25) is 0 Å². The van der Waals surface area contributed by atoms with E-state index in [0.717, 1.165) is 12.8 Å². The van der Waals surface area contributed by atoms with Crippen molar-refractivity contribution in [2.75, 3.05) is 17.2 Å². The summed E-state index contributed by atoms with van der Waals surface area (Å²) in [5.41, 5.74) is 8.25. The number of benzene rings is 1. The molecule has 0 fully saturated rings. The lowest BCUT2D eigenvalue weighted by molar-refractivity contribution is -0.137. The van der Waals surface area contributed by atoms with E-state index in [1.807, 2.05) is 6.92 Å². The highest BCUT2D eigenvalue weighted by molar-refractivity contribution is 5.95. The van der Waals surface area contributed by atoms with Crippen LogP contribution in [0.4, 0.5) is 34.1 Å². The van der Waals surface area contributed by atoms with Crippen molar-refractivity contribution in [2.45, 2.75) is 32.4 Å². The minimum Gasteiger partial charge on any atom is -0.489 e. The predicted molar refractivity (Wildman–Crippen MR) is 82.9 cm³/mol. The van der Waals surface area contributed by atoms with Crippen molar-refractivity contribution in [3.8, 4) is 5.75 Å². The Morgan fingerprint density at radius 3 is 1.96 bits per heavy atom. The molecule has 1 rings (SSSR count). The van der Waals surface area contributed by atoms with Gasteiger partial charge in [-0.3, -0.25) is 0 Å². The molecule has 0 saturated heterocycles. The van der Waals surface area contributed by atoms with Crippen LogP contribution in [-0.2, 0) is 6.18 Å². The van der Waals surface area contributed by atoms with Crippen LogP contribution in [-0.4, -0.2) is 18.7 Å². The fourth-order valence-corrected chi connectivity index (χ4v) is 1.93. The number of unbranched alkanes of at least 4 members (excludes halogenated alkanes) is 2. The Balaban J connectivity index is 3.30. The zero-order valence-electron chi connectivity index (χ0n) is 13.0. The van der Waals surface area contributed by atoms with Crippen LogP contribution in [0.15, 0.2) is 12.1 Å². The number of rotatable bonds is 7. The number of nitrogens with two attached hydrogens (primary N) is 2. The lowest BCUT2D eigenvalue weighted by Gasteiger charge is -2.19. The first-order valence-electron chi connectivity index (χ1n) is 7.16. The summed E-state index contributed by atoms with van der Waals surface area (Å²) in [6.07, 6.45) is -2.31. The van der Waals surface area contributed by atoms with Crippen LogP contribution in [0.3, 0.4) is 0 Å². The summed E-state index contributed by atoms with van der Waals surface area (Å²) in [5.74, 6) is -0.142. The summed E-state index contributed by atoms with van der Waals surface area (Å²) in [4.78, 5) is 22.1. The number of carbonyl (C=O) groups is 2. The van der Waals surface area contributed by atoms with Gasteiger partial charge in [0, 0.05) is 0 Å². The highest BCUT2D eigenvalue weighted by atomic mass is 19.4. The van der Waals surface area contributed by atoms with Crippen LogP contribution in [0.1, 0.15) is 31.7 Å². The van der Waals surface area contributed by atoms with E-state index in [0.29, 0.717) is 18.6 Å². The van der Waals surface area contributed by atoms with Crippen LogP contribution in [0.2, 0.25) is 0 Å². The van der Waals surface area contributed by atoms with E-state index in [-0.39, 0.29) is 23.7 Å². The van der Waals surface area contributed by atoms with Gasteiger partial charge in [0.05, 0.1) is 23.5 Å². The number of halogens is 3. The molecule has 0 aliphatic carbocycles. The van der Waals surface area contributed by atoms with E-state index in [2.05, 4.69) is 10.6 Å². The highest BCUT2D eigenvalue weighted by Crippen LogP contribution is 2.40. The molecule has 0 aliphatic rings. The number of urea groups is 2. The topological polar surface area (TPSA) is 119 Å². The van der Waals surface area contributed by atoms with E-state index >= 15 is 0 Å². The molecule has 0 spiro atoms. The maximum atomic E-state index is 13.0. The van der Waals surface area contributed by atoms with Gasteiger partial charge >= 0.3 is 18.2 Å². The van der Waals surface area contributed by atoms with Crippen LogP contribution < -0.4 is 26.8 Å². The molecule has 6 N–H and O–H groups in total. The summed E-state index contributed by atoms with van der Waals surface area (Å²) < 4.78 is 44.4. The van der Waals surface area contributed by atoms with Gasteiger partial charge in [0.15, 0.2) is 5.75 Å². The highest BCUT2D eigenvalue weighted by Gasteiger charge is 2.33. The van der Waals surface area contributed by atoms with Crippen molar-refractivity contribution < 1.29 is 27.5 Å². The number of carbonyl (C=O) groups excluding carboxylic acids is 2. The van der Waals surface area contributed by atoms with Crippen LogP contribution >= 0.6 is 0 Å². The first-order valence-corrected chi connectivity index (χ1v) is 7.16. The maximum Gasteiger partial charge on any atom is 0.416 e. The number of nitrogens with one attached hydrogen (secondary N) is 2. The monoisotopic (exact) mass is 348 g/mol. The molecule has 1 aromatic carbocycles. The zero-order chi connectivity index (χ0) is 18.3. The molecule has 10 heteroatoms. The first-order chi connectivity index (χ1) is 11.1. The van der Waals surface area contributed by atoms with Crippen LogP contribution in [0.25, 0.3) is 0 Å². The van der Waals surface area contributed by atoms with Gasteiger partial charge in [-0.1, -0.05) is 19.8 Å². The standard InChI is InChI=1S/C14H19F3N4O3/c1-2-3-4-5-24-11-9(20-12(18)22)6-8(14(15,16)17)7-10(11)21-13(19)23/h6-7H,2-5H2,1H3,(H3,18,20,22)(H3,19,21,23). The van der Waals surface area contributed by atoms with Gasteiger partial charge < -0.3 is 26.8 Å². The number of hydrogen-bond donors (Lipinski definition) is 4. The molecule has 0 aliphatic heterocycles. The molecule has 4 amide bonds. The molecule has 0 aromatic heterocycles. The average molecular weight is 348 g/mol. The number of primary amides is 2. The van der Waals surface area contributed by atoms with Crippen LogP contribution in [0, 0.1) is 0 Å². The number of anilines is 2. The second-order valence-electron chi connectivity index (χ2n) is 4.93. The number of amides is 4. The van der Waals surface area contributed by atoms with Gasteiger partial charge in [-0.05, 0) is 18.6 Å². The van der Waals surface area contributed by atoms with E-state index in [1.54, 1.807) is 0 Å². The Morgan fingerprint density at radius 2 is 1.58 bits per heavy atom. The van der Waals surface area contributed by atoms with Crippen molar-refractivity contribution in [1.29, 1.82) is 0 Å². The minimum atomic E-state index is -4.71. The Hall–Kier alpha value is -2.65. The molecule has 0 unspecified atom stereocenters. The fourth-order valence-electron chi connectivity index (χ4n) is 1.93. The second-order valence-corrected chi connectivity index (χ2v) is 4.93. The third-order valence-electron chi connectivity index (χ3n) is 2.93. The molecule has 134 valence electrons. The van der Waals surface area contributed by atoms with Crippen molar-refractivity contribution in [2.24, 2.45) is 11.5 Å². The Bertz CT molecular complexity index is 568. The largest absolute Gasteiger partial charge is 0.489 e. The molecule has 7 nitrogen and oxygen atoms in total. The quantitative estimate of drug-likeness (QED) is 0.566. The maximum absolute atomic E-state index is 13.0. The smallest absolute Gasteiger partial charge is 0.416 e. The Morgan fingerprint density at radius 1 is 1.08 bits per heavy atom. The van der Waals surface area contributed by atoms with Gasteiger partial charge in [0.25, 0.3) is 0 Å². The molecule has 0 heterocycles. The Kier molecular flexibility index (Phi) is 6.69. The molecule has 24 heavy (non-hydrogen) atoms. The SMILES string of the molecule is CCCCCOc1c(NC(N)=O)cc(C(F)(F)F)cc1NC(N)=O. The summed E-state index contributed by atoms with van der Waals surface area (Å²) in [5, 5.41) is 4.12. The number of alkyl halides is 3. The molecular formula is C14H19F3N4O3. The lowest BCUT2D eigenvalue weighted by atomic mass is 10.1. The van der Waals surface area contributed by atoms with Gasteiger partial charge in [-0.15, -0.1) is 0 Å². The van der Waals surface area contributed by atoms with E-state index in [4.69, 9.17) is 16.2 Å². The molecule has 0 atom stereocenters. The van der Waals surface area contributed by atoms with E-state index in [1.165, 1.54) is 0 Å². The normalized spacial score (nSPS) is 11.0. The minimum absolute atomic E-state index is 0.142. The van der Waals surface area contributed by atoms with Crippen molar-refractivity contribution in [3.05, 3.63) is 17.7 Å². The van der Waals surface area contributed by atoms with Gasteiger partial charge in [0.1, 0.15) is 0 Å². The van der Waals surface area contributed by atoms with Gasteiger partial charge in [-0.2, -0.15) is 13.2 Å². The zero-order valence-corrected chi connectivity index (χ0v) is 13.0. The predicted octanol–water partition coefficient (Wildman–Crippen LogP) is 3.26. The number of hydrogen-bond acceptors (Lipinski definition) is 3. The summed E-state index contributed by atoms with van der Waals surface area (Å²) in [6, 6.07) is -0.798. The third kappa shape index (κ3) is 5.86. The summed E-state index contributed by atoms with van der Waals surface area (Å²) in [6.45, 7) is 2.15. The lowest BCUT2D eigenvalue weighted by Crippen LogP contribution is -2.23. The fraction of sp³-hybridized carbons (Fsp3) is 0.429. The Labute approximate surface area is 136 Å². The van der Waals surface area contributed by atoms with Gasteiger partial charge in [-0.25, -0.2) is 9.59 Å². The number of ether oxygens (including phenoxy) is 1. The van der Waals surface area contributed by atoms with Crippen molar-refractivity contribution >= 4 is 23.4 Å². The summed E-state index contributed by atoms with van der Waals surface area (Å²) >= 11 is 0. The third-order valence-corrected chi connectivity index (χ3v) is 2.93. The van der Waals surface area contributed by atoms with Crippen LogP contribution in [0.5, 0.6) is 5.75 Å². The second kappa shape index (κ2) is 8.27. The van der Waals surface area contributed by atoms with E-state index < -0.39 is 23.8 Å². The van der Waals surface area contributed by atoms with Crippen molar-refractivity contribution in [3.63, 3.8) is 0 Å². The summed E-state index contributed by atoms with van der Waals surface area (Å²) in [7, 11) is 0. The molecular weight excluding hydrogens is 329 g/mol.